The van der Waals surface area contributed by atoms with Crippen molar-refractivity contribution in [1.29, 1.82) is 0 Å². The van der Waals surface area contributed by atoms with E-state index in [9.17, 15) is 39.6 Å². The minimum absolute atomic E-state index is 0.0221. The summed E-state index contributed by atoms with van der Waals surface area (Å²) in [6.45, 7) is -2.59. The van der Waals surface area contributed by atoms with Gasteiger partial charge < -0.3 is 40.2 Å². The van der Waals surface area contributed by atoms with E-state index < -0.39 is 55.8 Å². The van der Waals surface area contributed by atoms with Gasteiger partial charge >= 0.3 is 11.9 Å². The van der Waals surface area contributed by atoms with Crippen LogP contribution in [0.25, 0.3) is 11.1 Å². The second-order valence-corrected chi connectivity index (χ2v) is 7.42. The Morgan fingerprint density at radius 1 is 0.579 bits per heavy atom. The lowest BCUT2D eigenvalue weighted by molar-refractivity contribution is -0.304. The maximum absolute atomic E-state index is 10.8. The van der Waals surface area contributed by atoms with Gasteiger partial charge in [-0.25, -0.2) is 0 Å². The van der Waals surface area contributed by atoms with Gasteiger partial charge in [-0.05, 0) is 35.4 Å². The Morgan fingerprint density at radius 3 is 1.08 bits per heavy atom. The van der Waals surface area contributed by atoms with Crippen molar-refractivity contribution in [3.8, 4) is 22.6 Å². The molecule has 0 spiro atoms. The van der Waals surface area contributed by atoms with E-state index in [0.29, 0.717) is 11.1 Å². The normalized spacial score (nSPS) is 11.7. The smallest absolute Gasteiger partial charge is 0.325 e. The number of carboxylic acids is 4. The fraction of sp³-hybridized carbons (Fsp3) is 0.167. The monoisotopic (exact) mass is 524 g/mol. The van der Waals surface area contributed by atoms with E-state index in [1.165, 1.54) is 24.3 Å². The van der Waals surface area contributed by atoms with Crippen LogP contribution in [-0.2, 0) is 19.2 Å². The second kappa shape index (κ2) is 13.6. The molecule has 0 saturated carbocycles. The zero-order valence-electron chi connectivity index (χ0n) is 19.5. The van der Waals surface area contributed by atoms with Crippen molar-refractivity contribution in [2.75, 3.05) is 26.2 Å². The van der Waals surface area contributed by atoms with Crippen LogP contribution in [0.5, 0.6) is 11.5 Å². The molecule has 14 heteroatoms. The zero-order valence-corrected chi connectivity index (χ0v) is 19.5. The van der Waals surface area contributed by atoms with Crippen LogP contribution in [0.15, 0.2) is 44.2 Å². The number of carboxylic acid groups (broad SMARTS) is 4. The van der Waals surface area contributed by atoms with Gasteiger partial charge in [0, 0.05) is 47.1 Å². The molecule has 0 unspecified atom stereocenters. The van der Waals surface area contributed by atoms with Crippen LogP contribution in [-0.4, -0.2) is 95.3 Å². The van der Waals surface area contributed by atoms with Crippen LogP contribution in [0, 0.1) is 0 Å². The number of phenols is 2. The summed E-state index contributed by atoms with van der Waals surface area (Å²) in [6, 6.07) is 5.61. The van der Waals surface area contributed by atoms with E-state index in [1.54, 1.807) is 0 Å². The lowest BCUT2D eigenvalue weighted by atomic mass is 9.95. The molecule has 0 atom stereocenters. The number of hydrogen-bond donors (Lipinski definition) is 4. The highest BCUT2D eigenvalue weighted by atomic mass is 16.4. The molecule has 198 valence electrons. The largest absolute Gasteiger partial charge is 0.548 e. The summed E-state index contributed by atoms with van der Waals surface area (Å²) in [5.74, 6) is -6.16. The van der Waals surface area contributed by atoms with Gasteiger partial charge in [-0.1, -0.05) is 0 Å². The Morgan fingerprint density at radius 2 is 0.842 bits per heavy atom. The fourth-order valence-corrected chi connectivity index (χ4v) is 2.97. The summed E-state index contributed by atoms with van der Waals surface area (Å²) >= 11 is 0. The lowest BCUT2D eigenvalue weighted by Gasteiger charge is -2.12. The fourth-order valence-electron chi connectivity index (χ4n) is 2.97. The van der Waals surface area contributed by atoms with Crippen LogP contribution in [0.2, 0.25) is 0 Å². The molecule has 0 aliphatic rings. The third-order valence-electron chi connectivity index (χ3n) is 4.49. The molecular formula is C24H20N4O10-2. The highest BCUT2D eigenvalue weighted by Crippen LogP contribution is 2.32. The van der Waals surface area contributed by atoms with Crippen molar-refractivity contribution in [2.24, 2.45) is 20.0 Å². The van der Waals surface area contributed by atoms with Crippen LogP contribution in [0.3, 0.4) is 0 Å². The quantitative estimate of drug-likeness (QED) is 0.212. The van der Waals surface area contributed by atoms with Crippen molar-refractivity contribution < 1.29 is 49.8 Å². The molecule has 0 amide bonds. The van der Waals surface area contributed by atoms with E-state index >= 15 is 0 Å². The molecule has 2 aromatic carbocycles. The van der Waals surface area contributed by atoms with Gasteiger partial charge in [0.05, 0.1) is 25.0 Å². The molecule has 0 bridgehead atoms. The first-order valence-electron chi connectivity index (χ1n) is 10.5. The topological polar surface area (TPSA) is 245 Å². The minimum atomic E-state index is -1.47. The van der Waals surface area contributed by atoms with Gasteiger partial charge in [0.15, 0.2) is 0 Å². The molecule has 0 heterocycles. The molecule has 4 N–H and O–H groups in total. The van der Waals surface area contributed by atoms with Gasteiger partial charge in [0.2, 0.25) is 0 Å². The number of hydrogen-bond acceptors (Lipinski definition) is 12. The molecule has 2 rings (SSSR count). The first kappa shape index (κ1) is 28.8. The van der Waals surface area contributed by atoms with Crippen molar-refractivity contribution >= 4 is 48.7 Å². The maximum atomic E-state index is 10.8. The average molecular weight is 524 g/mol. The van der Waals surface area contributed by atoms with E-state index in [4.69, 9.17) is 10.2 Å². The van der Waals surface area contributed by atoms with Gasteiger partial charge in [-0.2, -0.15) is 0 Å². The summed E-state index contributed by atoms with van der Waals surface area (Å²) in [7, 11) is 0. The Hall–Kier alpha value is -5.40. The number of phenolic OH excluding ortho intramolecular Hbond substituents is 2. The lowest BCUT2D eigenvalue weighted by Crippen LogP contribution is -2.25. The molecular weight excluding hydrogens is 504 g/mol. The van der Waals surface area contributed by atoms with Gasteiger partial charge in [0.25, 0.3) is 0 Å². The SMILES string of the molecule is O=C([O-])CN=Cc1cc(-c2cc(C=NCC(=O)O)c(O)c(C=NCC(=O)O)c2)cc(C=NCC(=O)[O-])c1O. The molecule has 0 fully saturated rings. The number of rotatable bonds is 13. The zero-order chi connectivity index (χ0) is 28.2. The highest BCUT2D eigenvalue weighted by molar-refractivity contribution is 5.98. The van der Waals surface area contributed by atoms with Crippen LogP contribution >= 0.6 is 0 Å². The van der Waals surface area contributed by atoms with Crippen LogP contribution in [0.4, 0.5) is 0 Å². The van der Waals surface area contributed by atoms with Crippen molar-refractivity contribution in [3.05, 3.63) is 46.5 Å². The number of aliphatic carboxylic acids is 4. The summed E-state index contributed by atoms with van der Waals surface area (Å²) in [5, 5.41) is 60.3. The van der Waals surface area contributed by atoms with E-state index in [-0.39, 0.29) is 28.0 Å². The number of benzene rings is 2. The first-order chi connectivity index (χ1) is 18.0. The van der Waals surface area contributed by atoms with Crippen molar-refractivity contribution in [1.82, 2.24) is 0 Å². The van der Waals surface area contributed by atoms with E-state index in [1.807, 2.05) is 0 Å². The number of carbonyl (C=O) groups excluding carboxylic acids is 2. The van der Waals surface area contributed by atoms with E-state index in [2.05, 4.69) is 20.0 Å². The molecule has 0 aliphatic heterocycles. The van der Waals surface area contributed by atoms with Gasteiger partial charge in [0.1, 0.15) is 24.6 Å². The number of nitrogens with zero attached hydrogens (tertiary/aromatic N) is 4. The number of aliphatic imine (C=N–C) groups is 4. The predicted molar refractivity (Wildman–Crippen MR) is 130 cm³/mol. The van der Waals surface area contributed by atoms with Gasteiger partial charge in [-0.15, -0.1) is 0 Å². The summed E-state index contributed by atoms with van der Waals surface area (Å²) in [5.41, 5.74) is 0.803. The molecule has 38 heavy (non-hydrogen) atoms. The highest BCUT2D eigenvalue weighted by Gasteiger charge is 2.13. The average Bonchev–Trinajstić information content (AvgIpc) is 2.82. The van der Waals surface area contributed by atoms with E-state index in [0.717, 1.165) is 24.9 Å². The van der Waals surface area contributed by atoms with Crippen molar-refractivity contribution in [3.63, 3.8) is 0 Å². The molecule has 2 aromatic rings. The predicted octanol–water partition coefficient (Wildman–Crippen LogP) is -1.89. The Bertz CT molecular complexity index is 1160. The summed E-state index contributed by atoms with van der Waals surface area (Å²) in [4.78, 5) is 57.8. The first-order valence-corrected chi connectivity index (χ1v) is 10.5. The number of carbonyl (C=O) groups is 4. The molecule has 0 aromatic heterocycles. The second-order valence-electron chi connectivity index (χ2n) is 7.42. The maximum Gasteiger partial charge on any atom is 0.325 e. The third kappa shape index (κ3) is 8.99. The van der Waals surface area contributed by atoms with Gasteiger partial charge in [-0.3, -0.25) is 29.6 Å². The van der Waals surface area contributed by atoms with Crippen molar-refractivity contribution in [2.45, 2.75) is 0 Å². The summed E-state index contributed by atoms with van der Waals surface area (Å²) in [6.07, 6.45) is 4.28. The van der Waals surface area contributed by atoms with Crippen LogP contribution in [0.1, 0.15) is 22.3 Å². The Kier molecular flexibility index (Phi) is 10.3. The Labute approximate surface area is 214 Å². The molecule has 0 radical (unpaired) electrons. The molecule has 14 nitrogen and oxygen atoms in total. The van der Waals surface area contributed by atoms with Crippen LogP contribution < -0.4 is 10.2 Å². The number of aromatic hydroxyl groups is 2. The Balaban J connectivity index is 2.72. The summed E-state index contributed by atoms with van der Waals surface area (Å²) < 4.78 is 0. The molecule has 0 saturated heterocycles. The third-order valence-corrected chi connectivity index (χ3v) is 4.49. The standard InChI is InChI=1S/C24H22N4O10/c29-19(30)9-25-5-15-1-13(2-16(23(15)37)6-26-10-20(31)32)14-3-17(7-27-11-21(33)34)24(38)18(4-14)8-28-12-22(35)36/h1-8,37-38H,9-12H2,(H,29,30)(H,31,32)(H,33,34)(H,35,36)/p-2. The minimum Gasteiger partial charge on any atom is -0.548 e. The molecule has 0 aliphatic carbocycles.